The van der Waals surface area contributed by atoms with Gasteiger partial charge >= 0.3 is 0 Å². The first-order valence-corrected chi connectivity index (χ1v) is 5.02. The summed E-state index contributed by atoms with van der Waals surface area (Å²) >= 11 is 5.35. The second-order valence-corrected chi connectivity index (χ2v) is 5.07. The molecule has 1 radical (unpaired) electrons. The lowest BCUT2D eigenvalue weighted by atomic mass is 9.83. The Morgan fingerprint density at radius 1 is 1.08 bits per heavy atom. The molecule has 0 spiro atoms. The first-order chi connectivity index (χ1) is 5.84. The van der Waals surface area contributed by atoms with Gasteiger partial charge in [0.25, 0.3) is 0 Å². The van der Waals surface area contributed by atoms with Crippen molar-refractivity contribution in [1.29, 1.82) is 0 Å². The van der Waals surface area contributed by atoms with E-state index < -0.39 is 0 Å². The van der Waals surface area contributed by atoms with Gasteiger partial charge in [0.1, 0.15) is 0 Å². The summed E-state index contributed by atoms with van der Waals surface area (Å²) in [6.45, 7) is 10.9. The summed E-state index contributed by atoms with van der Waals surface area (Å²) in [4.78, 5) is 0.996. The Morgan fingerprint density at radius 3 is 2.00 bits per heavy atom. The Bertz CT molecular complexity index is 319. The first-order valence-electron chi connectivity index (χ1n) is 4.61. The molecule has 0 aromatic heterocycles. The van der Waals surface area contributed by atoms with Crippen molar-refractivity contribution in [2.24, 2.45) is 0 Å². The Kier molecular flexibility index (Phi) is 2.67. The smallest absolute Gasteiger partial charge is 0.0417 e. The summed E-state index contributed by atoms with van der Waals surface area (Å²) < 4.78 is 0. The van der Waals surface area contributed by atoms with E-state index in [1.807, 2.05) is 6.07 Å². The molecule has 0 aliphatic rings. The van der Waals surface area contributed by atoms with Gasteiger partial charge < -0.3 is 0 Å². The third kappa shape index (κ3) is 2.02. The molecule has 0 atom stereocenters. The quantitative estimate of drug-likeness (QED) is 0.580. The predicted octanol–water partition coefficient (Wildman–Crippen LogP) is 4.16. The summed E-state index contributed by atoms with van der Waals surface area (Å²) in [7, 11) is 0. The van der Waals surface area contributed by atoms with Crippen molar-refractivity contribution < 1.29 is 0 Å². The second-order valence-electron chi connectivity index (χ2n) is 4.63. The summed E-state index contributed by atoms with van der Waals surface area (Å²) in [6.07, 6.45) is 0. The third-order valence-corrected chi connectivity index (χ3v) is 2.79. The van der Waals surface area contributed by atoms with Gasteiger partial charge in [0.2, 0.25) is 0 Å². The molecule has 0 aliphatic heterocycles. The van der Waals surface area contributed by atoms with Crippen molar-refractivity contribution in [1.82, 2.24) is 0 Å². The Balaban J connectivity index is 3.43. The van der Waals surface area contributed by atoms with Crippen LogP contribution in [0, 0.1) is 13.8 Å². The number of hydrogen-bond acceptors (Lipinski definition) is 0. The van der Waals surface area contributed by atoms with Crippen molar-refractivity contribution in [3.8, 4) is 0 Å². The molecule has 1 aromatic rings. The van der Waals surface area contributed by atoms with Crippen LogP contribution >= 0.6 is 12.6 Å². The molecule has 0 nitrogen and oxygen atoms in total. The van der Waals surface area contributed by atoms with E-state index in [0.29, 0.717) is 0 Å². The highest BCUT2D eigenvalue weighted by molar-refractivity contribution is 7.80. The molecule has 1 heteroatoms. The zero-order valence-corrected chi connectivity index (χ0v) is 9.88. The highest BCUT2D eigenvalue weighted by atomic mass is 32.1. The second kappa shape index (κ2) is 3.30. The van der Waals surface area contributed by atoms with Crippen LogP contribution in [-0.4, -0.2) is 0 Å². The topological polar surface area (TPSA) is 0 Å². The maximum atomic E-state index is 5.35. The first kappa shape index (κ1) is 10.5. The maximum absolute atomic E-state index is 5.35. The van der Waals surface area contributed by atoms with E-state index in [0.717, 1.165) is 4.90 Å². The largest absolute Gasteiger partial charge is 0.0798 e. The zero-order chi connectivity index (χ0) is 10.2. The van der Waals surface area contributed by atoms with Gasteiger partial charge in [-0.15, -0.1) is 0 Å². The molecule has 71 valence electrons. The summed E-state index contributed by atoms with van der Waals surface area (Å²) in [5.41, 5.74) is 4.16. The van der Waals surface area contributed by atoms with Gasteiger partial charge in [0, 0.05) is 4.90 Å². The SMILES string of the molecule is Cc1ccc([S])c(C(C)(C)C)c1C. The molecule has 0 heterocycles. The van der Waals surface area contributed by atoms with Crippen molar-refractivity contribution in [3.05, 3.63) is 28.8 Å². The highest BCUT2D eigenvalue weighted by Crippen LogP contribution is 2.32. The Morgan fingerprint density at radius 2 is 1.62 bits per heavy atom. The van der Waals surface area contributed by atoms with E-state index >= 15 is 0 Å². The molecule has 0 bridgehead atoms. The van der Waals surface area contributed by atoms with Crippen molar-refractivity contribution in [2.45, 2.75) is 44.9 Å². The van der Waals surface area contributed by atoms with Crippen LogP contribution in [0.4, 0.5) is 0 Å². The van der Waals surface area contributed by atoms with Gasteiger partial charge in [-0.25, -0.2) is 0 Å². The standard InChI is InChI=1S/C12H17S/c1-8-6-7-10(13)11(9(8)2)12(3,4)5/h6-7H,1-5H3. The van der Waals surface area contributed by atoms with E-state index in [1.165, 1.54) is 16.7 Å². The van der Waals surface area contributed by atoms with E-state index in [-0.39, 0.29) is 5.41 Å². The lowest BCUT2D eigenvalue weighted by Gasteiger charge is -2.24. The summed E-state index contributed by atoms with van der Waals surface area (Å²) in [5.74, 6) is 0. The fourth-order valence-electron chi connectivity index (χ4n) is 1.72. The molecule has 0 saturated heterocycles. The fourth-order valence-corrected chi connectivity index (χ4v) is 2.25. The summed E-state index contributed by atoms with van der Waals surface area (Å²) in [5, 5.41) is 0. The Labute approximate surface area is 86.8 Å². The number of rotatable bonds is 0. The molecule has 0 unspecified atom stereocenters. The van der Waals surface area contributed by atoms with E-state index in [1.54, 1.807) is 0 Å². The summed E-state index contributed by atoms with van der Waals surface area (Å²) in [6, 6.07) is 4.14. The molecule has 1 rings (SSSR count). The highest BCUT2D eigenvalue weighted by Gasteiger charge is 2.20. The van der Waals surface area contributed by atoms with E-state index in [4.69, 9.17) is 12.6 Å². The van der Waals surface area contributed by atoms with E-state index in [2.05, 4.69) is 40.7 Å². The average Bonchev–Trinajstić information content (AvgIpc) is 1.95. The van der Waals surface area contributed by atoms with Crippen LogP contribution in [-0.2, 0) is 5.41 Å². The minimum atomic E-state index is 0.160. The van der Waals surface area contributed by atoms with Crippen LogP contribution in [0.25, 0.3) is 0 Å². The van der Waals surface area contributed by atoms with Crippen LogP contribution in [0.15, 0.2) is 17.0 Å². The number of benzene rings is 1. The zero-order valence-electron chi connectivity index (χ0n) is 9.06. The lowest BCUT2D eigenvalue weighted by molar-refractivity contribution is 0.573. The van der Waals surface area contributed by atoms with Gasteiger partial charge in [-0.05, 0) is 42.0 Å². The van der Waals surface area contributed by atoms with E-state index in [9.17, 15) is 0 Å². The molecule has 1 aromatic carbocycles. The molecular formula is C12H17S. The molecule has 0 N–H and O–H groups in total. The average molecular weight is 193 g/mol. The lowest BCUT2D eigenvalue weighted by Crippen LogP contribution is -2.14. The van der Waals surface area contributed by atoms with Crippen LogP contribution in [0.3, 0.4) is 0 Å². The van der Waals surface area contributed by atoms with Gasteiger partial charge in [-0.1, -0.05) is 39.5 Å². The van der Waals surface area contributed by atoms with Crippen LogP contribution in [0.1, 0.15) is 37.5 Å². The fraction of sp³-hybridized carbons (Fsp3) is 0.500. The third-order valence-electron chi connectivity index (χ3n) is 2.45. The van der Waals surface area contributed by atoms with Crippen LogP contribution in [0.5, 0.6) is 0 Å². The van der Waals surface area contributed by atoms with Crippen molar-refractivity contribution in [2.75, 3.05) is 0 Å². The predicted molar refractivity (Wildman–Crippen MR) is 60.5 cm³/mol. The van der Waals surface area contributed by atoms with Crippen molar-refractivity contribution >= 4 is 12.6 Å². The molecule has 0 amide bonds. The molecule has 0 fully saturated rings. The van der Waals surface area contributed by atoms with Crippen molar-refractivity contribution in [3.63, 3.8) is 0 Å². The minimum Gasteiger partial charge on any atom is -0.0798 e. The number of hydrogen-bond donors (Lipinski definition) is 0. The normalized spacial score (nSPS) is 11.8. The minimum absolute atomic E-state index is 0.160. The molecule has 0 aliphatic carbocycles. The maximum Gasteiger partial charge on any atom is 0.0417 e. The van der Waals surface area contributed by atoms with Gasteiger partial charge in [-0.2, -0.15) is 0 Å². The number of aryl methyl sites for hydroxylation is 1. The van der Waals surface area contributed by atoms with Crippen LogP contribution < -0.4 is 0 Å². The molecule has 0 saturated carbocycles. The van der Waals surface area contributed by atoms with Crippen LogP contribution in [0.2, 0.25) is 0 Å². The molecular weight excluding hydrogens is 176 g/mol. The van der Waals surface area contributed by atoms with Gasteiger partial charge in [0.15, 0.2) is 0 Å². The Hall–Kier alpha value is -0.560. The van der Waals surface area contributed by atoms with Gasteiger partial charge in [-0.3, -0.25) is 0 Å². The monoisotopic (exact) mass is 193 g/mol. The van der Waals surface area contributed by atoms with Gasteiger partial charge in [0.05, 0.1) is 0 Å². The molecule has 13 heavy (non-hydrogen) atoms.